The third-order valence-electron chi connectivity index (χ3n) is 5.47. The van der Waals surface area contributed by atoms with Crippen molar-refractivity contribution in [2.75, 3.05) is 0 Å². The Hall–Kier alpha value is -2.60. The van der Waals surface area contributed by atoms with Gasteiger partial charge in [-0.3, -0.25) is 0 Å². The summed E-state index contributed by atoms with van der Waals surface area (Å²) in [5, 5.41) is 5.38. The van der Waals surface area contributed by atoms with E-state index in [1.807, 2.05) is 41.5 Å². The van der Waals surface area contributed by atoms with Crippen LogP contribution in [0, 0.1) is 0 Å². The molecule has 0 nitrogen and oxygen atoms in total. The highest BCUT2D eigenvalue weighted by atomic mass is 14.4. The minimum absolute atomic E-state index is 0.0752. The van der Waals surface area contributed by atoms with Crippen molar-refractivity contribution in [2.24, 2.45) is 0 Å². The summed E-state index contributed by atoms with van der Waals surface area (Å²) in [6, 6.07) is 26.7. The van der Waals surface area contributed by atoms with Crippen molar-refractivity contribution < 1.29 is 0 Å². The topological polar surface area (TPSA) is 0 Å². The summed E-state index contributed by atoms with van der Waals surface area (Å²) < 4.78 is 0. The zero-order valence-electron chi connectivity index (χ0n) is 19.4. The molecule has 0 spiro atoms. The Balaban J connectivity index is 0.000000461. The van der Waals surface area contributed by atoms with Crippen LogP contribution < -0.4 is 0 Å². The molecule has 152 valence electrons. The molecule has 0 saturated carbocycles. The number of hydrogen-bond donors (Lipinski definition) is 0. The molecule has 0 aromatic heterocycles. The molecule has 0 fully saturated rings. The van der Waals surface area contributed by atoms with Gasteiger partial charge in [0.15, 0.2) is 0 Å². The van der Waals surface area contributed by atoms with Crippen molar-refractivity contribution >= 4 is 21.5 Å². The summed E-state index contributed by atoms with van der Waals surface area (Å²) >= 11 is 0. The molecule has 5 rings (SSSR count). The maximum absolute atomic E-state index is 2.34. The third-order valence-corrected chi connectivity index (χ3v) is 5.47. The van der Waals surface area contributed by atoms with E-state index in [-0.39, 0.29) is 5.41 Å². The number of rotatable bonds is 0. The lowest BCUT2D eigenvalue weighted by Crippen LogP contribution is -2.14. The van der Waals surface area contributed by atoms with Crippen LogP contribution in [-0.2, 0) is 5.41 Å². The first-order valence-corrected chi connectivity index (χ1v) is 11.2. The standard InChI is InChI=1S/C23H18.3C2H6/c1-23(2)20-10-6-5-9-19(20)22-18-12-11-15-7-3-4-8-16(15)17(18)13-14-21(22)23;3*1-2/h3-14H,1-2H3;3*1-2H3. The summed E-state index contributed by atoms with van der Waals surface area (Å²) in [6.45, 7) is 16.7. The van der Waals surface area contributed by atoms with Gasteiger partial charge in [-0.25, -0.2) is 0 Å². The third kappa shape index (κ3) is 3.69. The van der Waals surface area contributed by atoms with Crippen LogP contribution in [0.1, 0.15) is 66.5 Å². The summed E-state index contributed by atoms with van der Waals surface area (Å²) in [7, 11) is 0. The smallest absolute Gasteiger partial charge is 0.0159 e. The highest BCUT2D eigenvalue weighted by molar-refractivity contribution is 6.14. The second kappa shape index (κ2) is 9.74. The highest BCUT2D eigenvalue weighted by Crippen LogP contribution is 2.51. The van der Waals surface area contributed by atoms with Crippen molar-refractivity contribution in [1.29, 1.82) is 0 Å². The highest BCUT2D eigenvalue weighted by Gasteiger charge is 2.35. The Bertz CT molecular complexity index is 1080. The molecular weight excluding hydrogens is 348 g/mol. The van der Waals surface area contributed by atoms with Gasteiger partial charge >= 0.3 is 0 Å². The molecule has 0 saturated heterocycles. The molecule has 0 heterocycles. The van der Waals surface area contributed by atoms with E-state index in [1.54, 1.807) is 0 Å². The molecule has 0 unspecified atom stereocenters. The van der Waals surface area contributed by atoms with Crippen molar-refractivity contribution in [3.05, 3.63) is 83.9 Å². The zero-order valence-corrected chi connectivity index (χ0v) is 19.4. The lowest BCUT2D eigenvalue weighted by molar-refractivity contribution is 0.661. The first kappa shape index (κ1) is 22.7. The Morgan fingerprint density at radius 3 is 1.79 bits per heavy atom. The number of benzene rings is 4. The maximum Gasteiger partial charge on any atom is 0.0159 e. The SMILES string of the molecule is CC.CC.CC.CC1(C)c2ccccc2-c2c1ccc1c2ccc2ccccc21. The summed E-state index contributed by atoms with van der Waals surface area (Å²) in [4.78, 5) is 0. The molecule has 1 aliphatic carbocycles. The van der Waals surface area contributed by atoms with Gasteiger partial charge in [0.25, 0.3) is 0 Å². The van der Waals surface area contributed by atoms with Crippen molar-refractivity contribution in [1.82, 2.24) is 0 Å². The van der Waals surface area contributed by atoms with E-state index >= 15 is 0 Å². The maximum atomic E-state index is 2.34. The van der Waals surface area contributed by atoms with Crippen LogP contribution in [0.3, 0.4) is 0 Å². The second-order valence-corrected chi connectivity index (χ2v) is 7.04. The van der Waals surface area contributed by atoms with Gasteiger partial charge in [0, 0.05) is 5.41 Å². The number of fused-ring (bicyclic) bond motifs is 7. The molecule has 0 radical (unpaired) electrons. The molecule has 0 bridgehead atoms. The van der Waals surface area contributed by atoms with Crippen LogP contribution in [0.2, 0.25) is 0 Å². The van der Waals surface area contributed by atoms with Crippen molar-refractivity contribution in [2.45, 2.75) is 60.8 Å². The largest absolute Gasteiger partial charge is 0.0683 e. The van der Waals surface area contributed by atoms with Gasteiger partial charge in [-0.1, -0.05) is 128 Å². The Morgan fingerprint density at radius 2 is 1.07 bits per heavy atom. The minimum Gasteiger partial charge on any atom is -0.0683 e. The van der Waals surface area contributed by atoms with Gasteiger partial charge in [0.05, 0.1) is 0 Å². The van der Waals surface area contributed by atoms with Crippen molar-refractivity contribution in [3.8, 4) is 11.1 Å². The average Bonchev–Trinajstić information content (AvgIpc) is 3.05. The molecule has 4 aromatic carbocycles. The van der Waals surface area contributed by atoms with Gasteiger partial charge in [0.1, 0.15) is 0 Å². The van der Waals surface area contributed by atoms with E-state index in [9.17, 15) is 0 Å². The van der Waals surface area contributed by atoms with E-state index in [4.69, 9.17) is 0 Å². The fourth-order valence-electron chi connectivity index (χ4n) is 4.29. The minimum atomic E-state index is 0.0752. The molecule has 0 aliphatic heterocycles. The molecule has 0 heteroatoms. The van der Waals surface area contributed by atoms with E-state index in [2.05, 4.69) is 86.6 Å². The monoisotopic (exact) mass is 384 g/mol. The molecule has 0 amide bonds. The lowest BCUT2D eigenvalue weighted by atomic mass is 9.82. The quantitative estimate of drug-likeness (QED) is 0.265. The number of hydrogen-bond acceptors (Lipinski definition) is 0. The molecule has 1 aliphatic rings. The first-order chi connectivity index (χ1) is 14.2. The fraction of sp³-hybridized carbons (Fsp3) is 0.310. The molecule has 0 N–H and O–H groups in total. The average molecular weight is 385 g/mol. The molecule has 4 aromatic rings. The van der Waals surface area contributed by atoms with Crippen LogP contribution in [0.15, 0.2) is 72.8 Å². The molecular formula is C29H36. The normalized spacial score (nSPS) is 12.4. The summed E-state index contributed by atoms with van der Waals surface area (Å²) in [6.07, 6.45) is 0. The predicted molar refractivity (Wildman–Crippen MR) is 133 cm³/mol. The van der Waals surface area contributed by atoms with Gasteiger partial charge in [-0.2, -0.15) is 0 Å². The van der Waals surface area contributed by atoms with Crippen LogP contribution >= 0.6 is 0 Å². The van der Waals surface area contributed by atoms with E-state index in [1.165, 1.54) is 43.8 Å². The zero-order chi connectivity index (χ0) is 21.6. The van der Waals surface area contributed by atoms with Gasteiger partial charge < -0.3 is 0 Å². The molecule has 0 atom stereocenters. The summed E-state index contributed by atoms with van der Waals surface area (Å²) in [5.41, 5.74) is 5.78. The Morgan fingerprint density at radius 1 is 0.483 bits per heavy atom. The second-order valence-electron chi connectivity index (χ2n) is 7.04. The lowest BCUT2D eigenvalue weighted by Gasteiger charge is -2.21. The van der Waals surface area contributed by atoms with Gasteiger partial charge in [-0.05, 0) is 43.8 Å². The van der Waals surface area contributed by atoms with E-state index in [0.717, 1.165) is 0 Å². The van der Waals surface area contributed by atoms with Gasteiger partial charge in [-0.15, -0.1) is 0 Å². The van der Waals surface area contributed by atoms with Crippen LogP contribution in [-0.4, -0.2) is 0 Å². The Labute approximate surface area is 177 Å². The fourth-order valence-corrected chi connectivity index (χ4v) is 4.29. The molecule has 29 heavy (non-hydrogen) atoms. The Kier molecular flexibility index (Phi) is 7.62. The van der Waals surface area contributed by atoms with Gasteiger partial charge in [0.2, 0.25) is 0 Å². The van der Waals surface area contributed by atoms with Crippen LogP contribution in [0.4, 0.5) is 0 Å². The van der Waals surface area contributed by atoms with E-state index in [0.29, 0.717) is 0 Å². The van der Waals surface area contributed by atoms with E-state index < -0.39 is 0 Å². The van der Waals surface area contributed by atoms with Crippen LogP contribution in [0.5, 0.6) is 0 Å². The summed E-state index contributed by atoms with van der Waals surface area (Å²) in [5.74, 6) is 0. The van der Waals surface area contributed by atoms with Crippen molar-refractivity contribution in [3.63, 3.8) is 0 Å². The van der Waals surface area contributed by atoms with Crippen LogP contribution in [0.25, 0.3) is 32.7 Å². The first-order valence-electron chi connectivity index (χ1n) is 11.2. The predicted octanol–water partition coefficient (Wildman–Crippen LogP) is 9.38.